The molecular formula is C19H22N2. The van der Waals surface area contributed by atoms with Crippen LogP contribution in [0.15, 0.2) is 48.5 Å². The maximum atomic E-state index is 3.77. The lowest BCUT2D eigenvalue weighted by atomic mass is 10.1. The van der Waals surface area contributed by atoms with Gasteiger partial charge in [-0.3, -0.25) is 0 Å². The van der Waals surface area contributed by atoms with Crippen LogP contribution in [-0.2, 0) is 0 Å². The zero-order valence-electron chi connectivity index (χ0n) is 12.5. The van der Waals surface area contributed by atoms with Crippen LogP contribution in [0.3, 0.4) is 0 Å². The normalized spacial score (nSPS) is 17.0. The minimum absolute atomic E-state index is 0.352. The fourth-order valence-electron chi connectivity index (χ4n) is 3.46. The van der Waals surface area contributed by atoms with Crippen molar-refractivity contribution in [3.8, 4) is 11.1 Å². The van der Waals surface area contributed by atoms with Gasteiger partial charge in [0.1, 0.15) is 0 Å². The Labute approximate surface area is 126 Å². The third-order valence-corrected chi connectivity index (χ3v) is 4.82. The molecule has 1 saturated carbocycles. The number of nitrogens with zero attached hydrogens (tertiary/aromatic N) is 1. The van der Waals surface area contributed by atoms with E-state index in [2.05, 4.69) is 65.8 Å². The van der Waals surface area contributed by atoms with Crippen LogP contribution >= 0.6 is 0 Å². The summed E-state index contributed by atoms with van der Waals surface area (Å²) in [4.78, 5) is 2.49. The van der Waals surface area contributed by atoms with Crippen molar-refractivity contribution >= 4 is 0 Å². The van der Waals surface area contributed by atoms with Crippen molar-refractivity contribution in [3.05, 3.63) is 59.7 Å². The summed E-state index contributed by atoms with van der Waals surface area (Å²) in [5.41, 5.74) is 5.63. The Balaban J connectivity index is 1.54. The maximum Gasteiger partial charge on any atom is 0.0589 e. The van der Waals surface area contributed by atoms with E-state index >= 15 is 0 Å². The van der Waals surface area contributed by atoms with E-state index in [4.69, 9.17) is 0 Å². The third kappa shape index (κ3) is 2.39. The van der Waals surface area contributed by atoms with Crippen molar-refractivity contribution < 1.29 is 0 Å². The summed E-state index contributed by atoms with van der Waals surface area (Å²) in [6.45, 7) is 2.17. The SMILES string of the molecule is CN(CCNC1c2ccccc2-c2ccccc21)C1CC1. The number of hydrogen-bond donors (Lipinski definition) is 1. The molecule has 0 unspecified atom stereocenters. The number of fused-ring (bicyclic) bond motifs is 3. The highest BCUT2D eigenvalue weighted by atomic mass is 15.2. The van der Waals surface area contributed by atoms with Gasteiger partial charge in [0.25, 0.3) is 0 Å². The molecule has 108 valence electrons. The molecule has 2 nitrogen and oxygen atoms in total. The summed E-state index contributed by atoms with van der Waals surface area (Å²) in [5, 5.41) is 3.77. The number of rotatable bonds is 5. The van der Waals surface area contributed by atoms with E-state index in [0.717, 1.165) is 19.1 Å². The Morgan fingerprint density at radius 2 is 1.52 bits per heavy atom. The van der Waals surface area contributed by atoms with E-state index in [9.17, 15) is 0 Å². The molecular weight excluding hydrogens is 256 g/mol. The van der Waals surface area contributed by atoms with Crippen LogP contribution in [0.25, 0.3) is 11.1 Å². The molecule has 2 aromatic rings. The molecule has 0 heterocycles. The number of nitrogens with one attached hydrogen (secondary N) is 1. The lowest BCUT2D eigenvalue weighted by Crippen LogP contribution is -2.32. The van der Waals surface area contributed by atoms with Crippen LogP contribution in [0, 0.1) is 0 Å². The summed E-state index contributed by atoms with van der Waals surface area (Å²) in [6, 6.07) is 18.8. The van der Waals surface area contributed by atoms with Gasteiger partial charge in [0, 0.05) is 19.1 Å². The van der Waals surface area contributed by atoms with E-state index < -0.39 is 0 Å². The monoisotopic (exact) mass is 278 g/mol. The van der Waals surface area contributed by atoms with Gasteiger partial charge in [-0.2, -0.15) is 0 Å². The fraction of sp³-hybridized carbons (Fsp3) is 0.368. The first-order chi connectivity index (χ1) is 10.3. The molecule has 1 fully saturated rings. The second-order valence-electron chi connectivity index (χ2n) is 6.27. The van der Waals surface area contributed by atoms with Crippen LogP contribution < -0.4 is 5.32 Å². The summed E-state index contributed by atoms with van der Waals surface area (Å²) in [6.07, 6.45) is 2.76. The average Bonchev–Trinajstić information content (AvgIpc) is 3.33. The standard InChI is InChI=1S/C19H22N2/c1-21(14-10-11-14)13-12-20-19-17-8-4-2-6-15(17)16-7-3-5-9-18(16)19/h2-9,14,19-20H,10-13H2,1H3. The predicted molar refractivity (Wildman–Crippen MR) is 87.4 cm³/mol. The highest BCUT2D eigenvalue weighted by molar-refractivity contribution is 5.78. The molecule has 0 amide bonds. The van der Waals surface area contributed by atoms with E-state index in [0.29, 0.717) is 6.04 Å². The van der Waals surface area contributed by atoms with Crippen molar-refractivity contribution in [1.29, 1.82) is 0 Å². The van der Waals surface area contributed by atoms with Crippen molar-refractivity contribution in [2.24, 2.45) is 0 Å². The highest BCUT2D eigenvalue weighted by Crippen LogP contribution is 2.42. The van der Waals surface area contributed by atoms with Gasteiger partial charge in [0.15, 0.2) is 0 Å². The Kier molecular flexibility index (Phi) is 3.28. The molecule has 2 aliphatic carbocycles. The molecule has 0 bridgehead atoms. The first-order valence-electron chi connectivity index (χ1n) is 7.96. The van der Waals surface area contributed by atoms with Crippen LogP contribution in [0.4, 0.5) is 0 Å². The van der Waals surface area contributed by atoms with Gasteiger partial charge in [0.2, 0.25) is 0 Å². The van der Waals surface area contributed by atoms with Crippen LogP contribution in [0.1, 0.15) is 30.0 Å². The Bertz CT molecular complexity index is 600. The summed E-state index contributed by atoms with van der Waals surface area (Å²) in [7, 11) is 2.25. The van der Waals surface area contributed by atoms with E-state index in [-0.39, 0.29) is 0 Å². The largest absolute Gasteiger partial charge is 0.305 e. The second kappa shape index (κ2) is 5.28. The molecule has 2 aliphatic rings. The number of benzene rings is 2. The summed E-state index contributed by atoms with van der Waals surface area (Å²) >= 11 is 0. The van der Waals surface area contributed by atoms with Crippen LogP contribution in [-0.4, -0.2) is 31.1 Å². The maximum absolute atomic E-state index is 3.77. The predicted octanol–water partition coefficient (Wildman–Crippen LogP) is 3.44. The molecule has 0 saturated heterocycles. The number of hydrogen-bond acceptors (Lipinski definition) is 2. The molecule has 0 atom stereocenters. The summed E-state index contributed by atoms with van der Waals surface area (Å²) < 4.78 is 0. The molecule has 0 radical (unpaired) electrons. The van der Waals surface area contributed by atoms with Gasteiger partial charge in [-0.05, 0) is 42.1 Å². The first-order valence-corrected chi connectivity index (χ1v) is 7.96. The van der Waals surface area contributed by atoms with Gasteiger partial charge >= 0.3 is 0 Å². The third-order valence-electron chi connectivity index (χ3n) is 4.82. The molecule has 4 rings (SSSR count). The molecule has 0 aromatic heterocycles. The van der Waals surface area contributed by atoms with Gasteiger partial charge < -0.3 is 10.2 Å². The van der Waals surface area contributed by atoms with Gasteiger partial charge in [0.05, 0.1) is 6.04 Å². The zero-order chi connectivity index (χ0) is 14.2. The average molecular weight is 278 g/mol. The lowest BCUT2D eigenvalue weighted by Gasteiger charge is -2.20. The minimum Gasteiger partial charge on any atom is -0.305 e. The van der Waals surface area contributed by atoms with Crippen LogP contribution in [0.5, 0.6) is 0 Å². The lowest BCUT2D eigenvalue weighted by molar-refractivity contribution is 0.318. The molecule has 1 N–H and O–H groups in total. The Morgan fingerprint density at radius 1 is 0.952 bits per heavy atom. The van der Waals surface area contributed by atoms with Gasteiger partial charge in [-0.1, -0.05) is 48.5 Å². The number of likely N-dealkylation sites (N-methyl/N-ethyl adjacent to an activating group) is 1. The Hall–Kier alpha value is -1.64. The second-order valence-corrected chi connectivity index (χ2v) is 6.27. The quantitative estimate of drug-likeness (QED) is 0.901. The smallest absolute Gasteiger partial charge is 0.0589 e. The van der Waals surface area contributed by atoms with Crippen molar-refractivity contribution in [3.63, 3.8) is 0 Å². The minimum atomic E-state index is 0.352. The molecule has 0 aliphatic heterocycles. The van der Waals surface area contributed by atoms with Crippen LogP contribution in [0.2, 0.25) is 0 Å². The van der Waals surface area contributed by atoms with Gasteiger partial charge in [-0.15, -0.1) is 0 Å². The fourth-order valence-corrected chi connectivity index (χ4v) is 3.46. The molecule has 0 spiro atoms. The first kappa shape index (κ1) is 13.1. The van der Waals surface area contributed by atoms with E-state index in [1.807, 2.05) is 0 Å². The van der Waals surface area contributed by atoms with E-state index in [1.165, 1.54) is 35.1 Å². The highest BCUT2D eigenvalue weighted by Gasteiger charge is 2.28. The molecule has 21 heavy (non-hydrogen) atoms. The molecule has 2 aromatic carbocycles. The van der Waals surface area contributed by atoms with Crippen molar-refractivity contribution in [2.75, 3.05) is 20.1 Å². The summed E-state index contributed by atoms with van der Waals surface area (Å²) in [5.74, 6) is 0. The molecule has 2 heteroatoms. The van der Waals surface area contributed by atoms with E-state index in [1.54, 1.807) is 0 Å². The van der Waals surface area contributed by atoms with Crippen molar-refractivity contribution in [1.82, 2.24) is 10.2 Å². The van der Waals surface area contributed by atoms with Gasteiger partial charge in [-0.25, -0.2) is 0 Å². The van der Waals surface area contributed by atoms with Crippen molar-refractivity contribution in [2.45, 2.75) is 24.9 Å². The zero-order valence-corrected chi connectivity index (χ0v) is 12.5. The Morgan fingerprint density at radius 3 is 2.10 bits per heavy atom. The topological polar surface area (TPSA) is 15.3 Å².